The summed E-state index contributed by atoms with van der Waals surface area (Å²) in [6.07, 6.45) is 0.0177. The third-order valence-electron chi connectivity index (χ3n) is 8.98. The molecule has 4 N–H and O–H groups in total. The molecular weight excluding hydrogens is 636 g/mol. The number of benzene rings is 5. The van der Waals surface area contributed by atoms with E-state index in [-0.39, 0.29) is 35.7 Å². The third kappa shape index (κ3) is 5.98. The number of aromatic nitrogens is 6. The molecule has 7 rings (SSSR count). The summed E-state index contributed by atoms with van der Waals surface area (Å²) >= 11 is 0. The van der Waals surface area contributed by atoms with Gasteiger partial charge in [-0.3, -0.25) is 9.59 Å². The van der Waals surface area contributed by atoms with Crippen LogP contribution in [-0.4, -0.2) is 62.4 Å². The summed E-state index contributed by atoms with van der Waals surface area (Å²) in [5, 5.41) is 60.6. The molecule has 12 heteroatoms. The van der Waals surface area contributed by atoms with E-state index in [1.807, 2.05) is 24.3 Å². The van der Waals surface area contributed by atoms with Crippen LogP contribution < -0.4 is 0 Å². The summed E-state index contributed by atoms with van der Waals surface area (Å²) in [4.78, 5) is 28.7. The molecule has 0 bridgehead atoms. The highest BCUT2D eigenvalue weighted by Gasteiger charge is 2.33. The quantitative estimate of drug-likeness (QED) is 0.135. The molecule has 2 heterocycles. The predicted molar refractivity (Wildman–Crippen MR) is 185 cm³/mol. The van der Waals surface area contributed by atoms with Crippen molar-refractivity contribution < 1.29 is 30.0 Å². The molecule has 50 heavy (non-hydrogen) atoms. The lowest BCUT2D eigenvalue weighted by Gasteiger charge is -2.26. The van der Waals surface area contributed by atoms with Crippen molar-refractivity contribution >= 4 is 34.0 Å². The van der Waals surface area contributed by atoms with Gasteiger partial charge in [0, 0.05) is 0 Å². The van der Waals surface area contributed by atoms with Crippen molar-refractivity contribution in [3.63, 3.8) is 0 Å². The molecule has 5 aromatic carbocycles. The SMILES string of the molecule is Cc1ccc(C)c(C(Cc2ccc(O)c(-n3nc4ccccc4n3)c2)C(=O)O)c1C(Cc1ccc(O)c(-n2nc3ccccc3n2)c1)C(=O)O. The Hall–Kier alpha value is -6.56. The van der Waals surface area contributed by atoms with Crippen molar-refractivity contribution in [1.29, 1.82) is 0 Å². The first-order chi connectivity index (χ1) is 24.1. The van der Waals surface area contributed by atoms with Gasteiger partial charge in [0.2, 0.25) is 0 Å². The molecule has 2 unspecified atom stereocenters. The third-order valence-corrected chi connectivity index (χ3v) is 8.98. The lowest BCUT2D eigenvalue weighted by molar-refractivity contribution is -0.140. The molecular formula is C38H32N6O6. The van der Waals surface area contributed by atoms with E-state index in [9.17, 15) is 30.0 Å². The minimum absolute atomic E-state index is 0.00885. The predicted octanol–water partition coefficient (Wildman–Crippen LogP) is 6.00. The molecule has 2 aromatic heterocycles. The Bertz CT molecular complexity index is 2200. The lowest BCUT2D eigenvalue weighted by atomic mass is 9.78. The fraction of sp³-hybridized carbons (Fsp3) is 0.158. The Labute approximate surface area is 285 Å². The van der Waals surface area contributed by atoms with E-state index in [2.05, 4.69) is 20.4 Å². The van der Waals surface area contributed by atoms with E-state index in [1.165, 1.54) is 21.7 Å². The normalized spacial score (nSPS) is 12.7. The van der Waals surface area contributed by atoms with Gasteiger partial charge in [-0.15, -0.1) is 30.0 Å². The second-order valence-electron chi connectivity index (χ2n) is 12.3. The van der Waals surface area contributed by atoms with Crippen molar-refractivity contribution in [2.75, 3.05) is 0 Å². The molecule has 0 saturated carbocycles. The summed E-state index contributed by atoms with van der Waals surface area (Å²) in [6.45, 7) is 3.56. The molecule has 2 atom stereocenters. The maximum atomic E-state index is 13.1. The van der Waals surface area contributed by atoms with Crippen molar-refractivity contribution in [2.45, 2.75) is 38.5 Å². The van der Waals surface area contributed by atoms with Gasteiger partial charge in [0.05, 0.1) is 11.8 Å². The number of fused-ring (bicyclic) bond motifs is 2. The van der Waals surface area contributed by atoms with Crippen LogP contribution >= 0.6 is 0 Å². The molecule has 0 fully saturated rings. The van der Waals surface area contributed by atoms with E-state index in [1.54, 1.807) is 74.5 Å². The topological polar surface area (TPSA) is 176 Å². The molecule has 0 amide bonds. The zero-order chi connectivity index (χ0) is 35.1. The number of carboxylic acids is 2. The monoisotopic (exact) mass is 668 g/mol. The number of aromatic hydroxyl groups is 2. The molecule has 7 aromatic rings. The standard InChI is InChI=1S/C38H32N6O6/c1-21-11-12-22(2)36(26(38(49)50)18-24-14-16-34(46)32(20-24)44-41-29-9-5-6-10-30(29)42-44)35(21)25(37(47)48)17-23-13-15-33(45)31(19-23)43-39-27-7-3-4-8-28(27)40-43/h3-16,19-20,25-26,45-46H,17-18H2,1-2H3,(H,47,48)(H,49,50). The number of aryl methyl sites for hydroxylation is 2. The largest absolute Gasteiger partial charge is 0.506 e. The average molecular weight is 669 g/mol. The smallest absolute Gasteiger partial charge is 0.311 e. The van der Waals surface area contributed by atoms with Crippen LogP contribution in [0, 0.1) is 13.8 Å². The molecule has 0 aliphatic heterocycles. The summed E-state index contributed by atoms with van der Waals surface area (Å²) < 4.78 is 0. The van der Waals surface area contributed by atoms with Gasteiger partial charge < -0.3 is 20.4 Å². The van der Waals surface area contributed by atoms with Gasteiger partial charge in [-0.05, 0) is 109 Å². The van der Waals surface area contributed by atoms with Crippen molar-refractivity contribution in [2.24, 2.45) is 0 Å². The van der Waals surface area contributed by atoms with Gasteiger partial charge >= 0.3 is 11.9 Å². The zero-order valence-electron chi connectivity index (χ0n) is 27.1. The zero-order valence-corrected chi connectivity index (χ0v) is 27.1. The van der Waals surface area contributed by atoms with Crippen LogP contribution in [0.2, 0.25) is 0 Å². The number of carbonyl (C=O) groups is 2. The molecule has 0 aliphatic carbocycles. The number of carboxylic acid groups (broad SMARTS) is 2. The maximum absolute atomic E-state index is 13.1. The number of aliphatic carboxylic acids is 2. The van der Waals surface area contributed by atoms with E-state index in [0.717, 1.165) is 0 Å². The van der Waals surface area contributed by atoms with Crippen LogP contribution in [0.3, 0.4) is 0 Å². The average Bonchev–Trinajstić information content (AvgIpc) is 3.73. The second-order valence-corrected chi connectivity index (χ2v) is 12.3. The molecule has 0 aliphatic rings. The second kappa shape index (κ2) is 12.8. The summed E-state index contributed by atoms with van der Waals surface area (Å²) in [5.74, 6) is -4.64. The summed E-state index contributed by atoms with van der Waals surface area (Å²) in [7, 11) is 0. The van der Waals surface area contributed by atoms with E-state index < -0.39 is 23.8 Å². The summed E-state index contributed by atoms with van der Waals surface area (Å²) in [5.41, 5.74) is 6.41. The van der Waals surface area contributed by atoms with Crippen LogP contribution in [0.1, 0.15) is 45.2 Å². The fourth-order valence-electron chi connectivity index (χ4n) is 6.52. The highest BCUT2D eigenvalue weighted by Crippen LogP contribution is 2.38. The Morgan fingerprint density at radius 1 is 0.560 bits per heavy atom. The molecule has 0 saturated heterocycles. The minimum Gasteiger partial charge on any atom is -0.506 e. The Morgan fingerprint density at radius 2 is 0.900 bits per heavy atom. The van der Waals surface area contributed by atoms with Crippen LogP contribution in [0.5, 0.6) is 11.5 Å². The first kappa shape index (κ1) is 32.0. The maximum Gasteiger partial charge on any atom is 0.311 e. The van der Waals surface area contributed by atoms with Gasteiger partial charge in [0.15, 0.2) is 0 Å². The lowest BCUT2D eigenvalue weighted by Crippen LogP contribution is -2.24. The van der Waals surface area contributed by atoms with E-state index >= 15 is 0 Å². The van der Waals surface area contributed by atoms with Gasteiger partial charge in [0.25, 0.3) is 0 Å². The van der Waals surface area contributed by atoms with Crippen LogP contribution in [-0.2, 0) is 22.4 Å². The van der Waals surface area contributed by atoms with Crippen LogP contribution in [0.15, 0.2) is 97.1 Å². The van der Waals surface area contributed by atoms with Crippen LogP contribution in [0.4, 0.5) is 0 Å². The summed E-state index contributed by atoms with van der Waals surface area (Å²) in [6, 6.07) is 27.7. The number of rotatable bonds is 10. The van der Waals surface area contributed by atoms with Crippen LogP contribution in [0.25, 0.3) is 33.4 Å². The Balaban J connectivity index is 1.26. The number of hydrogen-bond donors (Lipinski definition) is 4. The highest BCUT2D eigenvalue weighted by molar-refractivity contribution is 5.83. The van der Waals surface area contributed by atoms with Crippen molar-refractivity contribution in [3.8, 4) is 22.9 Å². The Morgan fingerprint density at radius 3 is 1.22 bits per heavy atom. The first-order valence-electron chi connectivity index (χ1n) is 15.9. The van der Waals surface area contributed by atoms with Crippen molar-refractivity contribution in [3.05, 3.63) is 130 Å². The Kier molecular flexibility index (Phi) is 8.20. The van der Waals surface area contributed by atoms with Gasteiger partial charge in [-0.2, -0.15) is 0 Å². The fourth-order valence-corrected chi connectivity index (χ4v) is 6.52. The molecule has 12 nitrogen and oxygen atoms in total. The highest BCUT2D eigenvalue weighted by atomic mass is 16.4. The number of nitrogens with zero attached hydrogens (tertiary/aromatic N) is 6. The minimum atomic E-state index is -1.12. The van der Waals surface area contributed by atoms with Gasteiger partial charge in [-0.25, -0.2) is 0 Å². The molecule has 0 radical (unpaired) electrons. The van der Waals surface area contributed by atoms with Crippen molar-refractivity contribution in [1.82, 2.24) is 30.0 Å². The van der Waals surface area contributed by atoms with Gasteiger partial charge in [0.1, 0.15) is 44.9 Å². The van der Waals surface area contributed by atoms with Gasteiger partial charge in [-0.1, -0.05) is 48.5 Å². The van der Waals surface area contributed by atoms with E-state index in [4.69, 9.17) is 0 Å². The number of hydrogen-bond acceptors (Lipinski definition) is 8. The first-order valence-corrected chi connectivity index (χ1v) is 15.9. The molecule has 250 valence electrons. The molecule has 0 spiro atoms. The van der Waals surface area contributed by atoms with E-state index in [0.29, 0.717) is 55.4 Å². The number of phenolic OH excluding ortho intramolecular Hbond substituents is 2. The number of phenols is 2.